The molecule has 0 saturated carbocycles. The number of hydrogen-bond acceptors (Lipinski definition) is 6. The predicted molar refractivity (Wildman–Crippen MR) is 144 cm³/mol. The molecule has 1 aliphatic rings. The second-order valence-corrected chi connectivity index (χ2v) is 9.49. The van der Waals surface area contributed by atoms with Crippen LogP contribution in [0.2, 0.25) is 0 Å². The van der Waals surface area contributed by atoms with Crippen LogP contribution >= 0.6 is 0 Å². The van der Waals surface area contributed by atoms with Gasteiger partial charge in [-0.1, -0.05) is 66.7 Å². The number of likely N-dealkylation sites (tertiary alicyclic amines) is 1. The Morgan fingerprint density at radius 2 is 1.73 bits per heavy atom. The number of nitrogens with zero attached hydrogens (tertiary/aromatic N) is 1. The zero-order valence-electron chi connectivity index (χ0n) is 21.0. The molecule has 3 aromatic carbocycles. The lowest BCUT2D eigenvalue weighted by molar-refractivity contribution is -0.144. The topological polar surface area (TPSA) is 116 Å². The number of Topliss-reactive ketones (excluding diaryl/α,β-unsaturated/α-hetero) is 1. The van der Waals surface area contributed by atoms with Crippen LogP contribution in [0.1, 0.15) is 35.2 Å². The number of aryl methyl sites for hydroxylation is 1. The molecule has 0 aliphatic carbocycles. The largest absolute Gasteiger partial charge is 0.469 e. The smallest absolute Gasteiger partial charge is 0.306 e. The average Bonchev–Trinajstić information content (AvgIpc) is 3.23. The molecule has 0 radical (unpaired) electrons. The van der Waals surface area contributed by atoms with Crippen molar-refractivity contribution in [2.24, 2.45) is 11.7 Å². The maximum atomic E-state index is 13.4. The first-order valence-corrected chi connectivity index (χ1v) is 12.5. The molecule has 7 heteroatoms. The highest BCUT2D eigenvalue weighted by atomic mass is 16.5. The van der Waals surface area contributed by atoms with Gasteiger partial charge in [0.15, 0.2) is 5.78 Å². The molecule has 37 heavy (non-hydrogen) atoms. The van der Waals surface area contributed by atoms with Crippen molar-refractivity contribution >= 4 is 23.3 Å². The van der Waals surface area contributed by atoms with E-state index in [9.17, 15) is 14.4 Å². The number of esters is 1. The van der Waals surface area contributed by atoms with Crippen molar-refractivity contribution in [1.82, 2.24) is 4.90 Å². The van der Waals surface area contributed by atoms with Gasteiger partial charge in [0.05, 0.1) is 31.5 Å². The van der Waals surface area contributed by atoms with Gasteiger partial charge in [0.25, 0.3) is 0 Å². The summed E-state index contributed by atoms with van der Waals surface area (Å²) in [5, 5.41) is 0. The second-order valence-electron chi connectivity index (χ2n) is 9.49. The maximum absolute atomic E-state index is 13.4. The summed E-state index contributed by atoms with van der Waals surface area (Å²) < 4.78 is 4.79. The van der Waals surface area contributed by atoms with Gasteiger partial charge in [0, 0.05) is 17.8 Å². The fraction of sp³-hybridized carbons (Fsp3) is 0.300. The molecule has 0 bridgehead atoms. The number of anilines is 1. The molecule has 0 aromatic heterocycles. The highest BCUT2D eigenvalue weighted by Crippen LogP contribution is 2.31. The molecule has 1 aliphatic heterocycles. The summed E-state index contributed by atoms with van der Waals surface area (Å²) >= 11 is 0. The fourth-order valence-electron chi connectivity index (χ4n) is 5.00. The van der Waals surface area contributed by atoms with Crippen LogP contribution < -0.4 is 11.5 Å². The number of nitrogens with two attached hydrogens (primary N) is 2. The van der Waals surface area contributed by atoms with Gasteiger partial charge in [-0.05, 0) is 48.1 Å². The molecular weight excluding hydrogens is 466 g/mol. The van der Waals surface area contributed by atoms with E-state index in [4.69, 9.17) is 16.2 Å². The molecule has 4 rings (SSSR count). The number of ketones is 1. The lowest BCUT2D eigenvalue weighted by Crippen LogP contribution is -2.50. The van der Waals surface area contributed by atoms with Gasteiger partial charge in [-0.15, -0.1) is 0 Å². The first kappa shape index (κ1) is 26.1. The number of carbonyl (C=O) groups excluding carboxylic acids is 3. The van der Waals surface area contributed by atoms with Crippen LogP contribution in [-0.2, 0) is 20.7 Å². The Kier molecular flexibility index (Phi) is 8.36. The molecule has 1 saturated heterocycles. The summed E-state index contributed by atoms with van der Waals surface area (Å²) in [5.41, 5.74) is 16.6. The van der Waals surface area contributed by atoms with Crippen LogP contribution in [0, 0.1) is 5.92 Å². The Labute approximate surface area is 217 Å². The van der Waals surface area contributed by atoms with Crippen LogP contribution in [0.25, 0.3) is 11.1 Å². The summed E-state index contributed by atoms with van der Waals surface area (Å²) in [6.07, 6.45) is 1.85. The van der Waals surface area contributed by atoms with Gasteiger partial charge in [0.1, 0.15) is 0 Å². The van der Waals surface area contributed by atoms with E-state index in [0.29, 0.717) is 24.2 Å². The number of carbonyl (C=O) groups is 3. The van der Waals surface area contributed by atoms with E-state index in [1.54, 1.807) is 17.0 Å². The lowest BCUT2D eigenvalue weighted by Gasteiger charge is -2.29. The second kappa shape index (κ2) is 11.8. The van der Waals surface area contributed by atoms with Crippen LogP contribution in [0.5, 0.6) is 0 Å². The molecule has 0 spiro atoms. The van der Waals surface area contributed by atoms with Crippen molar-refractivity contribution in [3.8, 4) is 11.1 Å². The Bertz CT molecular complexity index is 1240. The van der Waals surface area contributed by atoms with E-state index >= 15 is 0 Å². The summed E-state index contributed by atoms with van der Waals surface area (Å²) in [5.74, 6) is -1.37. The summed E-state index contributed by atoms with van der Waals surface area (Å²) in [4.78, 5) is 40.3. The van der Waals surface area contributed by atoms with Crippen LogP contribution in [0.3, 0.4) is 0 Å². The van der Waals surface area contributed by atoms with E-state index in [2.05, 4.69) is 0 Å². The summed E-state index contributed by atoms with van der Waals surface area (Å²) in [6.45, 7) is 0.464. The van der Waals surface area contributed by atoms with Crippen LogP contribution in [-0.4, -0.2) is 48.3 Å². The van der Waals surface area contributed by atoms with Gasteiger partial charge >= 0.3 is 5.97 Å². The van der Waals surface area contributed by atoms with Gasteiger partial charge in [-0.3, -0.25) is 14.4 Å². The molecule has 1 unspecified atom stereocenters. The standard InChI is InChI=1S/C30H33N3O4/c1-37-27(34)19-24-18-26(33(30(24)36)16-6-9-20-7-3-2-4-8-20)28(32)29(35)22-14-12-21(13-15-22)23-10-5-11-25(31)17-23/h2-5,7-8,10-15,17,24,26,28H,6,9,16,18-19,31-32H2,1H3/t24-,26-,28?/m0/s1. The van der Waals surface area contributed by atoms with Crippen LogP contribution in [0.4, 0.5) is 5.69 Å². The maximum Gasteiger partial charge on any atom is 0.306 e. The van der Waals surface area contributed by atoms with Gasteiger partial charge in [-0.2, -0.15) is 0 Å². The van der Waals surface area contributed by atoms with Crippen molar-refractivity contribution in [3.05, 3.63) is 90.0 Å². The number of amides is 1. The first-order chi connectivity index (χ1) is 17.9. The Morgan fingerprint density at radius 1 is 1.00 bits per heavy atom. The van der Waals surface area contributed by atoms with E-state index in [1.807, 2.05) is 66.7 Å². The minimum absolute atomic E-state index is 0.0170. The normalized spacial score (nSPS) is 18.0. The highest BCUT2D eigenvalue weighted by Gasteiger charge is 2.44. The van der Waals surface area contributed by atoms with Gasteiger partial charge < -0.3 is 21.1 Å². The van der Waals surface area contributed by atoms with Crippen molar-refractivity contribution in [1.29, 1.82) is 0 Å². The third kappa shape index (κ3) is 6.24. The molecule has 4 N–H and O–H groups in total. The number of nitrogen functional groups attached to an aromatic ring is 1. The number of hydrogen-bond donors (Lipinski definition) is 2. The molecular formula is C30H33N3O4. The zero-order chi connectivity index (χ0) is 26.4. The lowest BCUT2D eigenvalue weighted by atomic mass is 9.92. The molecule has 7 nitrogen and oxygen atoms in total. The highest BCUT2D eigenvalue weighted by molar-refractivity contribution is 6.01. The van der Waals surface area contributed by atoms with Gasteiger partial charge in [-0.25, -0.2) is 0 Å². The average molecular weight is 500 g/mol. The number of ether oxygens (including phenoxy) is 1. The van der Waals surface area contributed by atoms with E-state index in [0.717, 1.165) is 24.0 Å². The zero-order valence-corrected chi connectivity index (χ0v) is 21.0. The quantitative estimate of drug-likeness (QED) is 0.249. The predicted octanol–water partition coefficient (Wildman–Crippen LogP) is 3.86. The fourth-order valence-corrected chi connectivity index (χ4v) is 5.00. The van der Waals surface area contributed by atoms with Crippen LogP contribution in [0.15, 0.2) is 78.9 Å². The first-order valence-electron chi connectivity index (χ1n) is 12.5. The molecule has 192 valence electrons. The van der Waals surface area contributed by atoms with Crippen molar-refractivity contribution in [3.63, 3.8) is 0 Å². The molecule has 3 aromatic rings. The number of methoxy groups -OCH3 is 1. The monoisotopic (exact) mass is 499 g/mol. The third-order valence-electron chi connectivity index (χ3n) is 7.01. The van der Waals surface area contributed by atoms with Gasteiger partial charge in [0.2, 0.25) is 5.91 Å². The van der Waals surface area contributed by atoms with E-state index in [-0.39, 0.29) is 18.1 Å². The molecule has 3 atom stereocenters. The summed E-state index contributed by atoms with van der Waals surface area (Å²) in [6, 6.07) is 23.4. The van der Waals surface area contributed by atoms with E-state index < -0.39 is 24.0 Å². The van der Waals surface area contributed by atoms with Crippen molar-refractivity contribution in [2.75, 3.05) is 19.4 Å². The molecule has 1 heterocycles. The SMILES string of the molecule is COC(=O)C[C@@H]1C[C@@H](C(N)C(=O)c2ccc(-c3cccc(N)c3)cc2)N(CCCc2ccccc2)C1=O. The Morgan fingerprint density at radius 3 is 2.41 bits per heavy atom. The third-order valence-corrected chi connectivity index (χ3v) is 7.01. The molecule has 1 amide bonds. The Balaban J connectivity index is 1.49. The minimum Gasteiger partial charge on any atom is -0.469 e. The number of benzene rings is 3. The van der Waals surface area contributed by atoms with Crippen molar-refractivity contribution in [2.45, 2.75) is 37.8 Å². The Hall–Kier alpha value is -3.97. The van der Waals surface area contributed by atoms with E-state index in [1.165, 1.54) is 12.7 Å². The minimum atomic E-state index is -0.901. The molecule has 1 fully saturated rings. The van der Waals surface area contributed by atoms with Crippen molar-refractivity contribution < 1.29 is 19.1 Å². The summed E-state index contributed by atoms with van der Waals surface area (Å²) in [7, 11) is 1.31. The number of rotatable bonds is 10.